The van der Waals surface area contributed by atoms with E-state index in [0.29, 0.717) is 34.2 Å². The molecule has 1 aromatic carbocycles. The van der Waals surface area contributed by atoms with Crippen LogP contribution in [0.15, 0.2) is 36.5 Å². The zero-order chi connectivity index (χ0) is 31.8. The number of nitrogens with zero attached hydrogens (tertiary/aromatic N) is 4. The number of nitrogens with one attached hydrogen (secondary N) is 3. The van der Waals surface area contributed by atoms with Crippen LogP contribution < -0.4 is 20.7 Å². The second kappa shape index (κ2) is 12.5. The van der Waals surface area contributed by atoms with E-state index in [2.05, 4.69) is 30.7 Å². The van der Waals surface area contributed by atoms with Crippen molar-refractivity contribution in [2.24, 2.45) is 5.92 Å². The average Bonchev–Trinajstić information content (AvgIpc) is 3.50. The van der Waals surface area contributed by atoms with Crippen LogP contribution >= 0.6 is 11.3 Å². The number of thiazole rings is 1. The molecule has 0 radical (unpaired) electrons. The summed E-state index contributed by atoms with van der Waals surface area (Å²) in [5, 5.41) is 31.3. The molecule has 1 fully saturated rings. The summed E-state index contributed by atoms with van der Waals surface area (Å²) in [5.74, 6) is -0.949. The highest BCUT2D eigenvalue weighted by atomic mass is 32.1. The predicted molar refractivity (Wildman–Crippen MR) is 159 cm³/mol. The van der Waals surface area contributed by atoms with Gasteiger partial charge in [-0.1, -0.05) is 12.1 Å². The van der Waals surface area contributed by atoms with Crippen molar-refractivity contribution in [3.63, 3.8) is 0 Å². The van der Waals surface area contributed by atoms with Gasteiger partial charge in [0, 0.05) is 12.7 Å². The summed E-state index contributed by atoms with van der Waals surface area (Å²) < 4.78 is 42.6. The maximum absolute atomic E-state index is 12.6. The fraction of sp³-hybridized carbons (Fsp3) is 0.414. The summed E-state index contributed by atoms with van der Waals surface area (Å²) in [6, 6.07) is 6.21. The number of hydrogen-bond acceptors (Lipinski definition) is 11. The summed E-state index contributed by atoms with van der Waals surface area (Å²) in [6.07, 6.45) is -5.45. The zero-order valence-corrected chi connectivity index (χ0v) is 25.1. The summed E-state index contributed by atoms with van der Waals surface area (Å²) >= 11 is 1.43. The Kier molecular flexibility index (Phi) is 8.90. The van der Waals surface area contributed by atoms with Gasteiger partial charge in [0.1, 0.15) is 28.2 Å². The number of halogens is 3. The number of benzene rings is 1. The van der Waals surface area contributed by atoms with Crippen molar-refractivity contribution in [2.75, 3.05) is 17.2 Å². The number of anilines is 2. The number of pyridine rings is 1. The van der Waals surface area contributed by atoms with Gasteiger partial charge in [0.2, 0.25) is 11.9 Å². The maximum atomic E-state index is 12.6. The van der Waals surface area contributed by atoms with E-state index in [1.807, 2.05) is 13.0 Å². The topological polar surface area (TPSA) is 154 Å². The zero-order valence-electron chi connectivity index (χ0n) is 24.3. The standard InChI is InChI=1S/C29H32F3N7O4S/c1-5-33-26(42)18-12-19(24(41)23(18)40)37-25-21(27-38-22-15(4)34-11-10-20(22)44-27)14(3)36-28(39-25)35-13(2)16-6-8-17(9-7-16)43-29(30,31)32/h6-11,13,18-19,23-24,40-41H,5,12H2,1-4H3,(H,33,42)(H2,35,36,37,39)/t13-,18+,19-,23-,24+/m1/s1. The van der Waals surface area contributed by atoms with Gasteiger partial charge < -0.3 is 30.9 Å². The van der Waals surface area contributed by atoms with Gasteiger partial charge in [-0.3, -0.25) is 9.78 Å². The highest BCUT2D eigenvalue weighted by Gasteiger charge is 2.45. The highest BCUT2D eigenvalue weighted by Crippen LogP contribution is 2.39. The molecule has 3 aromatic heterocycles. The van der Waals surface area contributed by atoms with Crippen molar-refractivity contribution in [2.45, 2.75) is 64.8 Å². The Labute approximate surface area is 254 Å². The van der Waals surface area contributed by atoms with E-state index in [0.717, 1.165) is 15.9 Å². The van der Waals surface area contributed by atoms with Gasteiger partial charge in [-0.15, -0.1) is 24.5 Å². The van der Waals surface area contributed by atoms with Gasteiger partial charge in [0.05, 0.1) is 45.8 Å². The number of hydrogen-bond donors (Lipinski definition) is 5. The molecule has 0 spiro atoms. The second-order valence-electron chi connectivity index (χ2n) is 10.6. The molecule has 5 N–H and O–H groups in total. The third-order valence-corrected chi connectivity index (χ3v) is 8.48. The van der Waals surface area contributed by atoms with Gasteiger partial charge in [-0.05, 0) is 57.9 Å². The molecule has 4 aromatic rings. The van der Waals surface area contributed by atoms with E-state index in [1.165, 1.54) is 35.6 Å². The number of aryl methyl sites for hydroxylation is 2. The number of amides is 1. The SMILES string of the molecule is CCNC(=O)[C@H]1C[C@@H](Nc2nc(N[C@H](C)c3ccc(OC(F)(F)F)cc3)nc(C)c2-c2nc3c(C)nccc3s2)[C@H](O)[C@@H]1O. The third-order valence-electron chi connectivity index (χ3n) is 7.45. The summed E-state index contributed by atoms with van der Waals surface area (Å²) in [4.78, 5) is 31.0. The molecule has 15 heteroatoms. The van der Waals surface area contributed by atoms with Crippen LogP contribution in [0.1, 0.15) is 43.3 Å². The molecule has 5 rings (SSSR count). The van der Waals surface area contributed by atoms with Crippen LogP contribution in [-0.2, 0) is 4.79 Å². The van der Waals surface area contributed by atoms with E-state index < -0.39 is 36.6 Å². The van der Waals surface area contributed by atoms with Gasteiger partial charge in [-0.25, -0.2) is 9.97 Å². The van der Waals surface area contributed by atoms with Crippen LogP contribution in [0.5, 0.6) is 5.75 Å². The highest BCUT2D eigenvalue weighted by molar-refractivity contribution is 7.21. The van der Waals surface area contributed by atoms with E-state index in [-0.39, 0.29) is 24.0 Å². The molecular weight excluding hydrogens is 599 g/mol. The number of carbonyl (C=O) groups is 1. The van der Waals surface area contributed by atoms with Crippen molar-refractivity contribution in [3.05, 3.63) is 53.5 Å². The van der Waals surface area contributed by atoms with Crippen LogP contribution in [-0.4, -0.2) is 67.2 Å². The quantitative estimate of drug-likeness (QED) is 0.178. The largest absolute Gasteiger partial charge is 0.573 e. The Bertz CT molecular complexity index is 1650. The number of aliphatic hydroxyl groups is 2. The minimum absolute atomic E-state index is 0.158. The number of ether oxygens (including phenoxy) is 1. The smallest absolute Gasteiger partial charge is 0.406 e. The Hall–Kier alpha value is -4.08. The van der Waals surface area contributed by atoms with Crippen LogP contribution in [0.25, 0.3) is 20.8 Å². The number of aromatic nitrogens is 4. The van der Waals surface area contributed by atoms with E-state index in [4.69, 9.17) is 9.97 Å². The Balaban J connectivity index is 1.48. The van der Waals surface area contributed by atoms with Gasteiger partial charge in [-0.2, -0.15) is 4.98 Å². The van der Waals surface area contributed by atoms with E-state index in [9.17, 15) is 28.2 Å². The average molecular weight is 632 g/mol. The summed E-state index contributed by atoms with van der Waals surface area (Å²) in [5.41, 5.74) is 3.30. The van der Waals surface area contributed by atoms with Crippen molar-refractivity contribution in [1.82, 2.24) is 25.3 Å². The number of alkyl halides is 3. The first-order chi connectivity index (χ1) is 20.8. The Morgan fingerprint density at radius 1 is 1.09 bits per heavy atom. The lowest BCUT2D eigenvalue weighted by molar-refractivity contribution is -0.274. The van der Waals surface area contributed by atoms with Crippen molar-refractivity contribution >= 4 is 39.2 Å². The molecule has 0 aliphatic heterocycles. The van der Waals surface area contributed by atoms with E-state index >= 15 is 0 Å². The van der Waals surface area contributed by atoms with Gasteiger partial charge >= 0.3 is 6.36 Å². The first-order valence-corrected chi connectivity index (χ1v) is 14.8. The molecule has 5 atom stereocenters. The number of rotatable bonds is 9. The fourth-order valence-corrected chi connectivity index (χ4v) is 6.35. The van der Waals surface area contributed by atoms with Crippen molar-refractivity contribution < 1.29 is 32.9 Å². The normalized spacial score (nSPS) is 20.8. The van der Waals surface area contributed by atoms with Gasteiger partial charge in [0.25, 0.3) is 0 Å². The molecule has 234 valence electrons. The minimum Gasteiger partial charge on any atom is -0.406 e. The number of carbonyl (C=O) groups excluding carboxylic acids is 1. The molecule has 0 unspecified atom stereocenters. The Morgan fingerprint density at radius 2 is 1.82 bits per heavy atom. The summed E-state index contributed by atoms with van der Waals surface area (Å²) in [7, 11) is 0. The monoisotopic (exact) mass is 631 g/mol. The molecular formula is C29H32F3N7O4S. The number of fused-ring (bicyclic) bond motifs is 1. The molecule has 3 heterocycles. The molecule has 11 nitrogen and oxygen atoms in total. The molecule has 0 saturated heterocycles. The first-order valence-electron chi connectivity index (χ1n) is 14.0. The van der Waals surface area contributed by atoms with E-state index in [1.54, 1.807) is 27.0 Å². The second-order valence-corrected chi connectivity index (χ2v) is 11.6. The van der Waals surface area contributed by atoms with Crippen LogP contribution in [0, 0.1) is 19.8 Å². The molecule has 1 aliphatic rings. The molecule has 0 bridgehead atoms. The Morgan fingerprint density at radius 3 is 2.48 bits per heavy atom. The molecule has 44 heavy (non-hydrogen) atoms. The van der Waals surface area contributed by atoms with Crippen molar-refractivity contribution in [1.29, 1.82) is 0 Å². The maximum Gasteiger partial charge on any atom is 0.573 e. The third kappa shape index (κ3) is 6.69. The predicted octanol–water partition coefficient (Wildman–Crippen LogP) is 4.50. The van der Waals surface area contributed by atoms with Crippen LogP contribution in [0.3, 0.4) is 0 Å². The van der Waals surface area contributed by atoms with Crippen LogP contribution in [0.4, 0.5) is 24.9 Å². The molecule has 1 saturated carbocycles. The molecule has 1 amide bonds. The molecule has 1 aliphatic carbocycles. The van der Waals surface area contributed by atoms with Gasteiger partial charge in [0.15, 0.2) is 0 Å². The lowest BCUT2D eigenvalue weighted by atomic mass is 10.0. The lowest BCUT2D eigenvalue weighted by Gasteiger charge is -2.22. The number of aliphatic hydroxyl groups excluding tert-OH is 2. The minimum atomic E-state index is -4.79. The van der Waals surface area contributed by atoms with Crippen molar-refractivity contribution in [3.8, 4) is 16.3 Å². The summed E-state index contributed by atoms with van der Waals surface area (Å²) in [6.45, 7) is 7.62. The lowest BCUT2D eigenvalue weighted by Crippen LogP contribution is -2.39. The fourth-order valence-electron chi connectivity index (χ4n) is 5.24. The van der Waals surface area contributed by atoms with Crippen LogP contribution in [0.2, 0.25) is 0 Å². The first kappa shape index (κ1) is 31.3.